The molecule has 0 aliphatic carbocycles. The van der Waals surface area contributed by atoms with Gasteiger partial charge in [-0.05, 0) is 96.2 Å². The number of anilines is 2. The van der Waals surface area contributed by atoms with Gasteiger partial charge in [0.05, 0.1) is 23.4 Å². The van der Waals surface area contributed by atoms with Crippen LogP contribution in [0.2, 0.25) is 10.0 Å². The zero-order valence-corrected chi connectivity index (χ0v) is 24.0. The van der Waals surface area contributed by atoms with E-state index in [4.69, 9.17) is 37.7 Å². The van der Waals surface area contributed by atoms with Gasteiger partial charge in [-0.15, -0.1) is 0 Å². The van der Waals surface area contributed by atoms with E-state index >= 15 is 0 Å². The van der Waals surface area contributed by atoms with Crippen LogP contribution in [0.25, 0.3) is 6.08 Å². The Hall–Kier alpha value is -4.24. The molecule has 4 aromatic carbocycles. The summed E-state index contributed by atoms with van der Waals surface area (Å²) in [6.07, 6.45) is 1.76. The van der Waals surface area contributed by atoms with Crippen LogP contribution >= 0.6 is 35.0 Å². The van der Waals surface area contributed by atoms with Crippen LogP contribution in [-0.4, -0.2) is 30.7 Å². The van der Waals surface area contributed by atoms with Gasteiger partial charge in [-0.25, -0.2) is 4.99 Å². The minimum Gasteiger partial charge on any atom is -0.493 e. The number of rotatable bonds is 8. The molecule has 0 radical (unpaired) electrons. The lowest BCUT2D eigenvalue weighted by molar-refractivity contribution is -0.118. The first-order valence-corrected chi connectivity index (χ1v) is 14.0. The van der Waals surface area contributed by atoms with Gasteiger partial charge < -0.3 is 14.8 Å². The molecule has 2 amide bonds. The van der Waals surface area contributed by atoms with Crippen molar-refractivity contribution < 1.29 is 19.1 Å². The number of ether oxygens (including phenoxy) is 2. The molecule has 41 heavy (non-hydrogen) atoms. The fourth-order valence-electron chi connectivity index (χ4n) is 3.90. The predicted octanol–water partition coefficient (Wildman–Crippen LogP) is 7.83. The van der Waals surface area contributed by atoms with Crippen molar-refractivity contribution in [2.24, 2.45) is 4.99 Å². The molecule has 7 nitrogen and oxygen atoms in total. The average molecular weight is 605 g/mol. The van der Waals surface area contributed by atoms with E-state index in [1.165, 1.54) is 18.9 Å². The van der Waals surface area contributed by atoms with E-state index in [2.05, 4.69) is 5.32 Å². The number of carbonyl (C=O) groups excluding carboxylic acids is 2. The third-order valence-corrected chi connectivity index (χ3v) is 7.32. The smallest absolute Gasteiger partial charge is 0.271 e. The molecule has 10 heteroatoms. The normalized spacial score (nSPS) is 14.9. The van der Waals surface area contributed by atoms with Crippen LogP contribution in [0, 0.1) is 0 Å². The third-order valence-electron chi connectivity index (χ3n) is 5.84. The second-order valence-corrected chi connectivity index (χ2v) is 10.6. The molecule has 0 saturated carbocycles. The van der Waals surface area contributed by atoms with Crippen LogP contribution in [0.4, 0.5) is 17.1 Å². The summed E-state index contributed by atoms with van der Waals surface area (Å²) in [5, 5.41) is 4.42. The van der Waals surface area contributed by atoms with Gasteiger partial charge in [0, 0.05) is 15.7 Å². The first-order chi connectivity index (χ1) is 19.9. The minimum absolute atomic E-state index is 0.194. The summed E-state index contributed by atoms with van der Waals surface area (Å²) in [6, 6.07) is 28.4. The summed E-state index contributed by atoms with van der Waals surface area (Å²) in [5.74, 6) is 0.289. The topological polar surface area (TPSA) is 80.2 Å². The number of amides is 2. The Morgan fingerprint density at radius 2 is 1.61 bits per heavy atom. The third kappa shape index (κ3) is 7.10. The molecule has 0 unspecified atom stereocenters. The van der Waals surface area contributed by atoms with E-state index in [0.29, 0.717) is 54.2 Å². The number of benzene rings is 4. The van der Waals surface area contributed by atoms with Crippen molar-refractivity contribution in [2.75, 3.05) is 23.9 Å². The van der Waals surface area contributed by atoms with Crippen LogP contribution in [0.15, 0.2) is 107 Å². The molecular weight excluding hydrogens is 581 g/mol. The molecule has 1 heterocycles. The Bertz CT molecular complexity index is 1630. The Labute approximate surface area is 251 Å². The van der Waals surface area contributed by atoms with Crippen molar-refractivity contribution in [3.8, 4) is 11.5 Å². The van der Waals surface area contributed by atoms with Crippen LogP contribution in [0.3, 0.4) is 0 Å². The number of hydrogen-bond acceptors (Lipinski definition) is 6. The summed E-state index contributed by atoms with van der Waals surface area (Å²) in [4.78, 5) is 32.6. The monoisotopic (exact) mass is 603 g/mol. The van der Waals surface area contributed by atoms with Gasteiger partial charge in [0.15, 0.2) is 23.3 Å². The van der Waals surface area contributed by atoms with Crippen molar-refractivity contribution in [2.45, 2.75) is 0 Å². The van der Waals surface area contributed by atoms with Crippen LogP contribution < -0.4 is 19.7 Å². The largest absolute Gasteiger partial charge is 0.493 e. The molecule has 5 rings (SSSR count). The molecule has 0 aromatic heterocycles. The Balaban J connectivity index is 1.38. The molecule has 1 aliphatic rings. The molecule has 4 aromatic rings. The van der Waals surface area contributed by atoms with Gasteiger partial charge in [-0.1, -0.05) is 47.5 Å². The van der Waals surface area contributed by atoms with Gasteiger partial charge in [0.1, 0.15) is 0 Å². The number of methoxy groups -OCH3 is 1. The maximum atomic E-state index is 13.6. The van der Waals surface area contributed by atoms with E-state index in [1.807, 2.05) is 18.2 Å². The first-order valence-electron chi connectivity index (χ1n) is 12.4. The second kappa shape index (κ2) is 13.0. The fourth-order valence-corrected chi connectivity index (χ4v) is 5.15. The Kier molecular flexibility index (Phi) is 8.94. The number of thioether (sulfide) groups is 1. The van der Waals surface area contributed by atoms with Crippen molar-refractivity contribution in [3.63, 3.8) is 0 Å². The molecule has 0 bridgehead atoms. The summed E-state index contributed by atoms with van der Waals surface area (Å²) in [5.41, 5.74) is 2.69. The molecule has 0 spiro atoms. The lowest BCUT2D eigenvalue weighted by Crippen LogP contribution is -2.28. The molecule has 206 valence electrons. The summed E-state index contributed by atoms with van der Waals surface area (Å²) in [6.45, 7) is -0.194. The number of hydrogen-bond donors (Lipinski definition) is 1. The van der Waals surface area contributed by atoms with Gasteiger partial charge in [-0.2, -0.15) is 0 Å². The van der Waals surface area contributed by atoms with E-state index < -0.39 is 0 Å². The summed E-state index contributed by atoms with van der Waals surface area (Å²) < 4.78 is 11.2. The zero-order chi connectivity index (χ0) is 28.8. The van der Waals surface area contributed by atoms with Crippen molar-refractivity contribution in [3.05, 3.63) is 118 Å². The van der Waals surface area contributed by atoms with Crippen LogP contribution in [0.1, 0.15) is 5.56 Å². The highest BCUT2D eigenvalue weighted by molar-refractivity contribution is 8.19. The van der Waals surface area contributed by atoms with Gasteiger partial charge in [0.25, 0.3) is 11.8 Å². The van der Waals surface area contributed by atoms with Gasteiger partial charge >= 0.3 is 0 Å². The highest BCUT2D eigenvalue weighted by atomic mass is 35.5. The van der Waals surface area contributed by atoms with Gasteiger partial charge in [-0.3, -0.25) is 14.5 Å². The van der Waals surface area contributed by atoms with Gasteiger partial charge in [0.2, 0.25) is 0 Å². The lowest BCUT2D eigenvalue weighted by Gasteiger charge is -2.15. The second-order valence-electron chi connectivity index (χ2n) is 8.71. The number of halogens is 2. The standard InChI is InChI=1S/C31H23Cl2N3O4S/c1-39-27-17-20(7-16-26(27)40-19-29(37)34-23-5-3-2-4-6-23)18-28-30(38)36(25-14-10-22(33)11-15-25)31(41-28)35-24-12-8-21(32)9-13-24/h2-18H,19H2,1H3,(H,34,37)/b28-18-,35-31?. The van der Waals surface area contributed by atoms with Crippen molar-refractivity contribution >= 4 is 75.1 Å². The fraction of sp³-hybridized carbons (Fsp3) is 0.0645. The average Bonchev–Trinajstić information content (AvgIpc) is 3.28. The number of para-hydroxylation sites is 1. The maximum absolute atomic E-state index is 13.6. The number of carbonyl (C=O) groups is 2. The van der Waals surface area contributed by atoms with E-state index in [9.17, 15) is 9.59 Å². The van der Waals surface area contributed by atoms with E-state index in [1.54, 1.807) is 89.8 Å². The molecule has 1 aliphatic heterocycles. The summed E-state index contributed by atoms with van der Waals surface area (Å²) >= 11 is 13.4. The number of nitrogens with zero attached hydrogens (tertiary/aromatic N) is 2. The highest BCUT2D eigenvalue weighted by Crippen LogP contribution is 2.38. The summed E-state index contributed by atoms with van der Waals surface area (Å²) in [7, 11) is 1.51. The molecule has 1 fully saturated rings. The lowest BCUT2D eigenvalue weighted by atomic mass is 10.1. The SMILES string of the molecule is COc1cc(/C=C2\SC(=Nc3ccc(Cl)cc3)N(c3ccc(Cl)cc3)C2=O)ccc1OCC(=O)Nc1ccccc1. The minimum atomic E-state index is -0.299. The molecule has 0 atom stereocenters. The maximum Gasteiger partial charge on any atom is 0.271 e. The predicted molar refractivity (Wildman–Crippen MR) is 167 cm³/mol. The number of aliphatic imine (C=N–C) groups is 1. The number of amidine groups is 1. The van der Waals surface area contributed by atoms with Crippen molar-refractivity contribution in [1.82, 2.24) is 0 Å². The number of nitrogens with one attached hydrogen (secondary N) is 1. The van der Waals surface area contributed by atoms with Crippen LogP contribution in [-0.2, 0) is 9.59 Å². The Morgan fingerprint density at radius 3 is 2.29 bits per heavy atom. The first kappa shape index (κ1) is 28.3. The molecule has 1 N–H and O–H groups in total. The zero-order valence-electron chi connectivity index (χ0n) is 21.7. The quantitative estimate of drug-likeness (QED) is 0.208. The van der Waals surface area contributed by atoms with E-state index in [-0.39, 0.29) is 18.4 Å². The highest BCUT2D eigenvalue weighted by Gasteiger charge is 2.34. The molecule has 1 saturated heterocycles. The van der Waals surface area contributed by atoms with E-state index in [0.717, 1.165) is 0 Å². The Morgan fingerprint density at radius 1 is 0.927 bits per heavy atom. The van der Waals surface area contributed by atoms with Crippen LogP contribution in [0.5, 0.6) is 11.5 Å². The van der Waals surface area contributed by atoms with Crippen molar-refractivity contribution in [1.29, 1.82) is 0 Å². The molecular formula is C31H23Cl2N3O4S.